The van der Waals surface area contributed by atoms with E-state index in [-0.39, 0.29) is 80.6 Å². The summed E-state index contributed by atoms with van der Waals surface area (Å²) in [6.45, 7) is 5.45. The minimum absolute atomic E-state index is 0.000576. The third kappa shape index (κ3) is 8.93. The number of urea groups is 1. The fourth-order valence-electron chi connectivity index (χ4n) is 8.61. The summed E-state index contributed by atoms with van der Waals surface area (Å²) in [6.07, 6.45) is 6.65. The number of imide groups is 2. The van der Waals surface area contributed by atoms with Gasteiger partial charge in [-0.05, 0) is 56.0 Å². The number of fused-ring (bicyclic) bond motifs is 2. The molecule has 8 rings (SSSR count). The largest absolute Gasteiger partial charge is 0.377 e. The van der Waals surface area contributed by atoms with Crippen LogP contribution < -0.4 is 10.6 Å². The number of hydrogen-bond acceptors (Lipinski definition) is 13. The molecule has 19 nitrogen and oxygen atoms in total. The SMILES string of the molecule is Cc1noc(C)c1C1=CC=C2C(C1)C(c1ccccc1)N(Cc1cn(CCOCCOCCOCC(=O)Nc3cccc4c3C(=O)N(C3CCC(=O)NC3=O)C4=O)nn1)C(=O)N2C. The Hall–Kier alpha value is -6.83. The van der Waals surface area contributed by atoms with Crippen molar-refractivity contribution in [2.24, 2.45) is 5.92 Å². The molecule has 3 atom stereocenters. The number of carbonyl (C=O) groups is 6. The number of allylic oxidation sites excluding steroid dienone is 3. The Labute approximate surface area is 362 Å². The fourth-order valence-corrected chi connectivity index (χ4v) is 8.61. The van der Waals surface area contributed by atoms with Crippen molar-refractivity contribution in [1.29, 1.82) is 0 Å². The first-order valence-corrected chi connectivity index (χ1v) is 20.7. The van der Waals surface area contributed by atoms with Crippen LogP contribution in [0.1, 0.15) is 74.3 Å². The molecular formula is C44H47N9O10. The van der Waals surface area contributed by atoms with Crippen LogP contribution in [-0.2, 0) is 41.7 Å². The first kappa shape index (κ1) is 42.8. The minimum Gasteiger partial charge on any atom is -0.377 e. The molecule has 2 saturated heterocycles. The molecule has 63 heavy (non-hydrogen) atoms. The van der Waals surface area contributed by atoms with Crippen molar-refractivity contribution in [3.8, 4) is 0 Å². The second kappa shape index (κ2) is 18.6. The van der Waals surface area contributed by atoms with Crippen LogP contribution in [0.4, 0.5) is 10.5 Å². The summed E-state index contributed by atoms with van der Waals surface area (Å²) in [5.74, 6) is -2.39. The average Bonchev–Trinajstić information content (AvgIpc) is 3.94. The van der Waals surface area contributed by atoms with Gasteiger partial charge in [0, 0.05) is 30.6 Å². The molecule has 0 bridgehead atoms. The molecule has 2 aromatic carbocycles. The predicted molar refractivity (Wildman–Crippen MR) is 222 cm³/mol. The monoisotopic (exact) mass is 861 g/mol. The first-order valence-electron chi connectivity index (χ1n) is 20.7. The number of rotatable bonds is 17. The standard InChI is InChI=1S/C44H47N9O10/c1-26-38(27(2)63-48-26)29-12-13-34-32(22-29)40(28-8-5-4-6-9-28)52(44(59)50(34)3)24-30-23-51(49-47-30)16-17-60-18-19-61-20-21-62-25-37(55)45-33-11-7-10-31-39(33)43(58)53(42(31)57)35-14-15-36(54)46-41(35)56/h4-13,23,32,35,40H,14-22,24-25H2,1-3H3,(H,45,55)(H,46,54,56). The van der Waals surface area contributed by atoms with Gasteiger partial charge in [-0.25, -0.2) is 9.48 Å². The normalized spacial score (nSPS) is 19.8. The smallest absolute Gasteiger partial charge is 0.324 e. The highest BCUT2D eigenvalue weighted by Gasteiger charge is 2.47. The van der Waals surface area contributed by atoms with Gasteiger partial charge in [0.15, 0.2) is 0 Å². The number of hydrogen-bond donors (Lipinski definition) is 2. The fraction of sp³-hybridized carbons (Fsp3) is 0.386. The van der Waals surface area contributed by atoms with Crippen molar-refractivity contribution in [2.45, 2.75) is 58.3 Å². The quantitative estimate of drug-likeness (QED) is 0.115. The molecule has 4 aliphatic rings. The van der Waals surface area contributed by atoms with Crippen molar-refractivity contribution in [3.63, 3.8) is 0 Å². The molecule has 4 aromatic rings. The van der Waals surface area contributed by atoms with Crippen molar-refractivity contribution >= 4 is 46.8 Å². The lowest BCUT2D eigenvalue weighted by Crippen LogP contribution is -2.54. The highest BCUT2D eigenvalue weighted by Crippen LogP contribution is 2.47. The first-order chi connectivity index (χ1) is 30.5. The molecule has 3 aliphatic heterocycles. The molecule has 2 N–H and O–H groups in total. The van der Waals surface area contributed by atoms with Crippen LogP contribution in [-0.4, -0.2) is 123 Å². The van der Waals surface area contributed by atoms with E-state index in [2.05, 4.69) is 44.3 Å². The van der Waals surface area contributed by atoms with E-state index in [0.717, 1.165) is 38.8 Å². The lowest BCUT2D eigenvalue weighted by Gasteiger charge is -2.48. The van der Waals surface area contributed by atoms with Crippen molar-refractivity contribution in [2.75, 3.05) is 52.0 Å². The zero-order chi connectivity index (χ0) is 44.2. The van der Waals surface area contributed by atoms with Gasteiger partial charge in [0.1, 0.15) is 24.1 Å². The van der Waals surface area contributed by atoms with E-state index < -0.39 is 35.6 Å². The van der Waals surface area contributed by atoms with Crippen molar-refractivity contribution < 1.29 is 47.5 Å². The summed E-state index contributed by atoms with van der Waals surface area (Å²) in [5, 5.41) is 17.6. The van der Waals surface area contributed by atoms with E-state index in [1.165, 1.54) is 18.2 Å². The van der Waals surface area contributed by atoms with Gasteiger partial charge in [-0.1, -0.05) is 52.8 Å². The predicted octanol–water partition coefficient (Wildman–Crippen LogP) is 3.57. The Morgan fingerprint density at radius 3 is 2.41 bits per heavy atom. The van der Waals surface area contributed by atoms with E-state index in [4.69, 9.17) is 18.7 Å². The van der Waals surface area contributed by atoms with Crippen LogP contribution in [0.2, 0.25) is 0 Å². The molecule has 0 saturated carbocycles. The number of carbonyl (C=O) groups excluding carboxylic acids is 6. The van der Waals surface area contributed by atoms with E-state index in [0.29, 0.717) is 31.9 Å². The molecule has 19 heteroatoms. The second-order valence-electron chi connectivity index (χ2n) is 15.6. The van der Waals surface area contributed by atoms with Crippen LogP contribution in [0.3, 0.4) is 0 Å². The number of piperidine rings is 1. The maximum absolute atomic E-state index is 14.0. The van der Waals surface area contributed by atoms with Gasteiger partial charge in [0.25, 0.3) is 11.8 Å². The molecule has 328 valence electrons. The van der Waals surface area contributed by atoms with Crippen molar-refractivity contribution in [3.05, 3.63) is 112 Å². The molecule has 3 unspecified atom stereocenters. The van der Waals surface area contributed by atoms with Gasteiger partial charge in [-0.15, -0.1) is 5.10 Å². The van der Waals surface area contributed by atoms with Crippen LogP contribution >= 0.6 is 0 Å². The van der Waals surface area contributed by atoms with Crippen LogP contribution in [0.15, 0.2) is 77.1 Å². The van der Waals surface area contributed by atoms with Crippen LogP contribution in [0, 0.1) is 19.8 Å². The zero-order valence-electron chi connectivity index (χ0n) is 35.1. The number of nitrogens with one attached hydrogen (secondary N) is 2. The Bertz CT molecular complexity index is 2480. The summed E-state index contributed by atoms with van der Waals surface area (Å²) < 4.78 is 23.9. The van der Waals surface area contributed by atoms with E-state index in [1.54, 1.807) is 9.58 Å². The molecule has 7 amide bonds. The number of benzene rings is 2. The van der Waals surface area contributed by atoms with E-state index >= 15 is 0 Å². The number of aromatic nitrogens is 4. The Balaban J connectivity index is 0.758. The van der Waals surface area contributed by atoms with Crippen molar-refractivity contribution in [1.82, 2.24) is 40.2 Å². The van der Waals surface area contributed by atoms with E-state index in [9.17, 15) is 28.8 Å². The maximum Gasteiger partial charge on any atom is 0.324 e. The number of aryl methyl sites for hydroxylation is 2. The van der Waals surface area contributed by atoms with Crippen LogP contribution in [0.5, 0.6) is 0 Å². The third-order valence-electron chi connectivity index (χ3n) is 11.5. The maximum atomic E-state index is 14.0. The number of anilines is 1. The Kier molecular flexibility index (Phi) is 12.7. The summed E-state index contributed by atoms with van der Waals surface area (Å²) in [4.78, 5) is 81.4. The highest BCUT2D eigenvalue weighted by molar-refractivity contribution is 6.26. The topological polar surface area (TPSA) is 221 Å². The van der Waals surface area contributed by atoms with Gasteiger partial charge < -0.3 is 33.9 Å². The highest BCUT2D eigenvalue weighted by atomic mass is 16.5. The second-order valence-corrected chi connectivity index (χ2v) is 15.6. The summed E-state index contributed by atoms with van der Waals surface area (Å²) in [6, 6.07) is 13.0. The van der Waals surface area contributed by atoms with E-state index in [1.807, 2.05) is 56.3 Å². The molecule has 2 aromatic heterocycles. The lowest BCUT2D eigenvalue weighted by atomic mass is 9.78. The Morgan fingerprint density at radius 1 is 0.905 bits per heavy atom. The Morgan fingerprint density at radius 2 is 1.67 bits per heavy atom. The summed E-state index contributed by atoms with van der Waals surface area (Å²) in [7, 11) is 1.81. The minimum atomic E-state index is -1.12. The average molecular weight is 862 g/mol. The van der Waals surface area contributed by atoms with Crippen LogP contribution in [0.25, 0.3) is 5.57 Å². The lowest BCUT2D eigenvalue weighted by molar-refractivity contribution is -0.136. The van der Waals surface area contributed by atoms with Gasteiger partial charge >= 0.3 is 6.03 Å². The van der Waals surface area contributed by atoms with Gasteiger partial charge in [0.2, 0.25) is 17.7 Å². The molecule has 1 aliphatic carbocycles. The van der Waals surface area contributed by atoms with Gasteiger partial charge in [0.05, 0.1) is 80.9 Å². The number of ether oxygens (including phenoxy) is 3. The third-order valence-corrected chi connectivity index (χ3v) is 11.5. The molecule has 5 heterocycles. The zero-order valence-corrected chi connectivity index (χ0v) is 35.1. The molecule has 0 radical (unpaired) electrons. The number of amides is 7. The van der Waals surface area contributed by atoms with Gasteiger partial charge in [-0.3, -0.25) is 34.2 Å². The molecule has 0 spiro atoms. The van der Waals surface area contributed by atoms with Gasteiger partial charge in [-0.2, -0.15) is 0 Å². The molecule has 2 fully saturated rings. The summed E-state index contributed by atoms with van der Waals surface area (Å²) in [5.41, 5.74) is 5.73. The number of nitrogens with zero attached hydrogens (tertiary/aromatic N) is 7. The molecular weight excluding hydrogens is 815 g/mol. The summed E-state index contributed by atoms with van der Waals surface area (Å²) >= 11 is 0.